The molecule has 0 spiro atoms. The highest BCUT2D eigenvalue weighted by atomic mass is 14.3. The summed E-state index contributed by atoms with van der Waals surface area (Å²) in [5.74, 6) is 0. The predicted octanol–water partition coefficient (Wildman–Crippen LogP) is 5.67. The van der Waals surface area contributed by atoms with Gasteiger partial charge in [-0.05, 0) is 45.6 Å². The molecule has 0 aliphatic heterocycles. The largest absolute Gasteiger partial charge is 0.0622 e. The van der Waals surface area contributed by atoms with Gasteiger partial charge >= 0.3 is 0 Å². The number of hydrogen-bond acceptors (Lipinski definition) is 0. The average Bonchev–Trinajstić information content (AvgIpc) is 2.37. The summed E-state index contributed by atoms with van der Waals surface area (Å²) >= 11 is 0. The van der Waals surface area contributed by atoms with Crippen LogP contribution in [0, 0.1) is 6.07 Å². The minimum Gasteiger partial charge on any atom is -0.0622 e. The van der Waals surface area contributed by atoms with Gasteiger partial charge in [0.1, 0.15) is 0 Å². The van der Waals surface area contributed by atoms with Crippen LogP contribution in [-0.2, 0) is 17.3 Å². The van der Waals surface area contributed by atoms with Gasteiger partial charge in [0.15, 0.2) is 0 Å². The average molecular weight is 279 g/mol. The Morgan fingerprint density at radius 1 is 0.810 bits per heavy atom. The molecule has 0 aliphatic carbocycles. The first-order chi connectivity index (χ1) is 9.69. The van der Waals surface area contributed by atoms with Gasteiger partial charge in [0.2, 0.25) is 0 Å². The van der Waals surface area contributed by atoms with Crippen LogP contribution in [0.4, 0.5) is 0 Å². The van der Waals surface area contributed by atoms with E-state index in [0.29, 0.717) is 0 Å². The van der Waals surface area contributed by atoms with Gasteiger partial charge in [-0.25, -0.2) is 0 Å². The molecule has 0 saturated heterocycles. The molecule has 2 aromatic rings. The monoisotopic (exact) mass is 279 g/mol. The molecule has 0 bridgehead atoms. The lowest BCUT2D eigenvalue weighted by Gasteiger charge is -2.32. The fourth-order valence-corrected chi connectivity index (χ4v) is 2.96. The summed E-state index contributed by atoms with van der Waals surface area (Å²) in [4.78, 5) is 0. The fourth-order valence-electron chi connectivity index (χ4n) is 2.96. The van der Waals surface area contributed by atoms with Gasteiger partial charge in [-0.3, -0.25) is 0 Å². The Labute approximate surface area is 130 Å². The van der Waals surface area contributed by atoms with Crippen molar-refractivity contribution in [1.82, 2.24) is 0 Å². The Morgan fingerprint density at radius 2 is 1.43 bits per heavy atom. The molecule has 0 unspecified atom stereocenters. The van der Waals surface area contributed by atoms with Crippen molar-refractivity contribution in [3.05, 3.63) is 70.8 Å². The van der Waals surface area contributed by atoms with Crippen molar-refractivity contribution in [2.45, 2.75) is 58.8 Å². The van der Waals surface area contributed by atoms with Crippen LogP contribution in [0.2, 0.25) is 0 Å². The van der Waals surface area contributed by atoms with Crippen molar-refractivity contribution < 1.29 is 0 Å². The van der Waals surface area contributed by atoms with E-state index < -0.39 is 0 Å². The lowest BCUT2D eigenvalue weighted by atomic mass is 9.72. The van der Waals surface area contributed by atoms with Crippen molar-refractivity contribution in [2.24, 2.45) is 0 Å². The Balaban J connectivity index is 2.56. The third-order valence-electron chi connectivity index (χ3n) is 3.86. The number of benzene rings is 2. The highest BCUT2D eigenvalue weighted by Gasteiger charge is 2.27. The molecule has 21 heavy (non-hydrogen) atoms. The minimum absolute atomic E-state index is 0.129. The van der Waals surface area contributed by atoms with Gasteiger partial charge < -0.3 is 0 Å². The Morgan fingerprint density at radius 3 is 1.95 bits per heavy atom. The van der Waals surface area contributed by atoms with Crippen molar-refractivity contribution in [3.8, 4) is 0 Å². The van der Waals surface area contributed by atoms with Crippen molar-refractivity contribution >= 4 is 0 Å². The molecular formula is C21H27. The SMILES string of the molecule is CC(C)(C)c1cc[c]c(Cc2ccccc2)c1C(C)(C)C. The molecule has 111 valence electrons. The highest BCUT2D eigenvalue weighted by molar-refractivity contribution is 5.45. The summed E-state index contributed by atoms with van der Waals surface area (Å²) in [5.41, 5.74) is 5.88. The third kappa shape index (κ3) is 3.75. The van der Waals surface area contributed by atoms with Crippen molar-refractivity contribution in [2.75, 3.05) is 0 Å². The van der Waals surface area contributed by atoms with Crippen LogP contribution in [0.3, 0.4) is 0 Å². The molecule has 1 radical (unpaired) electrons. The fraction of sp³-hybridized carbons (Fsp3) is 0.429. The topological polar surface area (TPSA) is 0 Å². The predicted molar refractivity (Wildman–Crippen MR) is 91.9 cm³/mol. The van der Waals surface area contributed by atoms with E-state index in [1.807, 2.05) is 0 Å². The summed E-state index contributed by atoms with van der Waals surface area (Å²) in [5, 5.41) is 0. The summed E-state index contributed by atoms with van der Waals surface area (Å²) in [6, 6.07) is 18.5. The van der Waals surface area contributed by atoms with E-state index in [9.17, 15) is 0 Å². The van der Waals surface area contributed by atoms with E-state index in [1.165, 1.54) is 22.3 Å². The molecule has 0 atom stereocenters. The van der Waals surface area contributed by atoms with E-state index in [4.69, 9.17) is 0 Å². The molecule has 0 aromatic heterocycles. The summed E-state index contributed by atoms with van der Waals surface area (Å²) in [6.45, 7) is 13.8. The summed E-state index contributed by atoms with van der Waals surface area (Å²) in [6.07, 6.45) is 0.956. The minimum atomic E-state index is 0.129. The molecule has 0 amide bonds. The number of hydrogen-bond donors (Lipinski definition) is 0. The lowest BCUT2D eigenvalue weighted by molar-refractivity contribution is 0.525. The van der Waals surface area contributed by atoms with Crippen LogP contribution in [-0.4, -0.2) is 0 Å². The molecule has 0 fully saturated rings. The van der Waals surface area contributed by atoms with Crippen LogP contribution in [0.15, 0.2) is 42.5 Å². The first-order valence-corrected chi connectivity index (χ1v) is 7.78. The number of rotatable bonds is 2. The van der Waals surface area contributed by atoms with E-state index in [1.54, 1.807) is 0 Å². The third-order valence-corrected chi connectivity index (χ3v) is 3.86. The summed E-state index contributed by atoms with van der Waals surface area (Å²) < 4.78 is 0. The Kier molecular flexibility index (Phi) is 4.27. The molecule has 2 aromatic carbocycles. The molecule has 0 heteroatoms. The Bertz CT molecular complexity index is 592. The zero-order chi connectivity index (χ0) is 15.7. The first kappa shape index (κ1) is 15.8. The zero-order valence-electron chi connectivity index (χ0n) is 14.2. The van der Waals surface area contributed by atoms with Gasteiger partial charge in [-0.1, -0.05) is 84.0 Å². The zero-order valence-corrected chi connectivity index (χ0v) is 14.2. The second-order valence-corrected chi connectivity index (χ2v) is 7.91. The van der Waals surface area contributed by atoms with E-state index in [0.717, 1.165) is 6.42 Å². The van der Waals surface area contributed by atoms with Crippen LogP contribution >= 0.6 is 0 Å². The molecule has 2 rings (SSSR count). The maximum atomic E-state index is 3.50. The second kappa shape index (κ2) is 5.67. The molecule has 0 aliphatic rings. The Hall–Kier alpha value is -1.56. The maximum Gasteiger partial charge on any atom is -0.00166 e. The van der Waals surface area contributed by atoms with E-state index in [-0.39, 0.29) is 10.8 Å². The van der Waals surface area contributed by atoms with E-state index in [2.05, 4.69) is 90.1 Å². The van der Waals surface area contributed by atoms with Gasteiger partial charge in [-0.2, -0.15) is 0 Å². The highest BCUT2D eigenvalue weighted by Crippen LogP contribution is 2.36. The first-order valence-electron chi connectivity index (χ1n) is 7.78. The molecule has 0 nitrogen and oxygen atoms in total. The normalized spacial score (nSPS) is 12.5. The lowest BCUT2D eigenvalue weighted by Crippen LogP contribution is -2.24. The molecule has 0 saturated carbocycles. The van der Waals surface area contributed by atoms with Crippen LogP contribution in [0.5, 0.6) is 0 Å². The van der Waals surface area contributed by atoms with Crippen LogP contribution < -0.4 is 0 Å². The van der Waals surface area contributed by atoms with Gasteiger partial charge in [0.25, 0.3) is 0 Å². The van der Waals surface area contributed by atoms with Crippen molar-refractivity contribution in [1.29, 1.82) is 0 Å². The quantitative estimate of drug-likeness (QED) is 0.664. The van der Waals surface area contributed by atoms with Crippen LogP contribution in [0.1, 0.15) is 63.8 Å². The maximum absolute atomic E-state index is 3.50. The molecule has 0 N–H and O–H groups in total. The van der Waals surface area contributed by atoms with Crippen LogP contribution in [0.25, 0.3) is 0 Å². The molecule has 0 heterocycles. The van der Waals surface area contributed by atoms with Gasteiger partial charge in [-0.15, -0.1) is 0 Å². The summed E-state index contributed by atoms with van der Waals surface area (Å²) in [7, 11) is 0. The van der Waals surface area contributed by atoms with Gasteiger partial charge in [0.05, 0.1) is 0 Å². The molecular weight excluding hydrogens is 252 g/mol. The smallest absolute Gasteiger partial charge is 0.00166 e. The van der Waals surface area contributed by atoms with Gasteiger partial charge in [0, 0.05) is 0 Å². The van der Waals surface area contributed by atoms with Crippen molar-refractivity contribution in [3.63, 3.8) is 0 Å². The van der Waals surface area contributed by atoms with E-state index >= 15 is 0 Å². The standard InChI is InChI=1S/C21H27/c1-20(2,3)18-14-10-13-17(19(18)21(4,5)6)15-16-11-8-7-9-12-16/h7-12,14H,15H2,1-6H3. The second-order valence-electron chi connectivity index (χ2n) is 7.91.